The van der Waals surface area contributed by atoms with Gasteiger partial charge in [0.25, 0.3) is 0 Å². The van der Waals surface area contributed by atoms with Crippen LogP contribution in [0.25, 0.3) is 6.20 Å². The molecule has 2 rings (SSSR count). The summed E-state index contributed by atoms with van der Waals surface area (Å²) in [6, 6.07) is 8.02. The van der Waals surface area contributed by atoms with Crippen LogP contribution in [0.2, 0.25) is 0 Å². The molecule has 0 aliphatic rings. The van der Waals surface area contributed by atoms with Crippen molar-refractivity contribution in [3.05, 3.63) is 67.2 Å². The normalized spacial score (nSPS) is 11.1. The number of ether oxygens (including phenoxy) is 1. The van der Waals surface area contributed by atoms with Crippen LogP contribution in [0.1, 0.15) is 17.3 Å². The van der Waals surface area contributed by atoms with Crippen molar-refractivity contribution in [2.75, 3.05) is 6.61 Å². The van der Waals surface area contributed by atoms with Crippen LogP contribution >= 0.6 is 12.2 Å². The molecule has 0 spiro atoms. The number of carbonyl (C=O) groups is 2. The van der Waals surface area contributed by atoms with Gasteiger partial charge in [-0.15, -0.1) is 0 Å². The van der Waals surface area contributed by atoms with Crippen LogP contribution in [0.5, 0.6) is 0 Å². The number of hydrogen-bond acceptors (Lipinski definition) is 6. The Balaban J connectivity index is 2.62. The minimum Gasteiger partial charge on any atom is -0.462 e. The molecule has 0 fully saturated rings. The predicted octanol–water partition coefficient (Wildman–Crippen LogP) is 0.881. The zero-order chi connectivity index (χ0) is 17.7. The summed E-state index contributed by atoms with van der Waals surface area (Å²) in [7, 11) is 0. The van der Waals surface area contributed by atoms with Crippen molar-refractivity contribution >= 4 is 30.2 Å². The topological polar surface area (TPSA) is 114 Å². The number of nitrogens with zero attached hydrogens (tertiary/aromatic N) is 1. The summed E-state index contributed by atoms with van der Waals surface area (Å²) in [5.74, 6) is -1.54. The molecule has 0 aliphatic heterocycles. The molecule has 0 saturated heterocycles. The molecule has 2 aromatic rings. The van der Waals surface area contributed by atoms with Gasteiger partial charge < -0.3 is 4.74 Å². The largest absolute Gasteiger partial charge is 0.462 e. The van der Waals surface area contributed by atoms with E-state index in [-0.39, 0.29) is 16.9 Å². The summed E-state index contributed by atoms with van der Waals surface area (Å²) >= 11 is 4.88. The third-order valence-corrected chi connectivity index (χ3v) is 3.21. The van der Waals surface area contributed by atoms with Crippen molar-refractivity contribution < 1.29 is 14.3 Å². The van der Waals surface area contributed by atoms with E-state index >= 15 is 0 Å². The third kappa shape index (κ3) is 3.82. The number of aromatic nitrogens is 3. The van der Waals surface area contributed by atoms with Gasteiger partial charge in [0.05, 0.1) is 6.61 Å². The van der Waals surface area contributed by atoms with Crippen LogP contribution in [-0.2, 0) is 9.53 Å². The number of rotatable bonds is 5. The molecule has 9 heteroatoms. The highest BCUT2D eigenvalue weighted by atomic mass is 32.1. The Labute approximate surface area is 140 Å². The number of H-pyrrole nitrogens is 2. The quantitative estimate of drug-likeness (QED) is 0.207. The predicted molar refractivity (Wildman–Crippen MR) is 88.2 cm³/mol. The molecule has 1 aromatic heterocycles. The van der Waals surface area contributed by atoms with Gasteiger partial charge in [-0.05, 0) is 19.1 Å². The fourth-order valence-corrected chi connectivity index (χ4v) is 2.07. The molecule has 1 aromatic carbocycles. The van der Waals surface area contributed by atoms with E-state index in [0.29, 0.717) is 0 Å². The number of nitrogens with one attached hydrogen (secondary N) is 2. The molecule has 1 heterocycles. The molecule has 2 N–H and O–H groups in total. The smallest absolute Gasteiger partial charge is 0.343 e. The average molecular weight is 347 g/mol. The van der Waals surface area contributed by atoms with Gasteiger partial charge in [-0.1, -0.05) is 30.3 Å². The zero-order valence-corrected chi connectivity index (χ0v) is 13.4. The van der Waals surface area contributed by atoms with Crippen molar-refractivity contribution in [3.63, 3.8) is 0 Å². The molecule has 0 amide bonds. The van der Waals surface area contributed by atoms with E-state index in [1.807, 2.05) is 4.98 Å². The fraction of sp³-hybridized carbons (Fsp3) is 0.133. The second kappa shape index (κ2) is 7.47. The Kier molecular flexibility index (Phi) is 5.38. The highest BCUT2D eigenvalue weighted by Gasteiger charge is 2.22. The zero-order valence-electron chi connectivity index (χ0n) is 12.6. The van der Waals surface area contributed by atoms with Gasteiger partial charge >= 0.3 is 17.3 Å². The highest BCUT2D eigenvalue weighted by molar-refractivity contribution is 7.71. The Hall–Kier alpha value is -3.07. The van der Waals surface area contributed by atoms with E-state index in [4.69, 9.17) is 17.0 Å². The van der Waals surface area contributed by atoms with E-state index in [2.05, 4.69) is 4.98 Å². The summed E-state index contributed by atoms with van der Waals surface area (Å²) in [5.41, 5.74) is -1.82. The van der Waals surface area contributed by atoms with Crippen molar-refractivity contribution in [2.45, 2.75) is 6.92 Å². The van der Waals surface area contributed by atoms with Crippen LogP contribution < -0.4 is 11.4 Å². The van der Waals surface area contributed by atoms with Crippen molar-refractivity contribution in [1.29, 1.82) is 0 Å². The summed E-state index contributed by atoms with van der Waals surface area (Å²) in [5, 5.41) is 0. The van der Waals surface area contributed by atoms with Crippen LogP contribution in [0.15, 0.2) is 45.5 Å². The minimum absolute atomic E-state index is 0.0472. The van der Waals surface area contributed by atoms with Gasteiger partial charge in [-0.25, -0.2) is 19.0 Å². The number of aromatic amines is 2. The molecule has 0 atom stereocenters. The van der Waals surface area contributed by atoms with Crippen LogP contribution in [0.4, 0.5) is 0 Å². The van der Waals surface area contributed by atoms with Crippen LogP contribution in [0, 0.1) is 4.77 Å². The third-order valence-electron chi connectivity index (χ3n) is 2.91. The van der Waals surface area contributed by atoms with Crippen LogP contribution in [0.3, 0.4) is 0 Å². The molecule has 0 unspecified atom stereocenters. The number of esters is 1. The van der Waals surface area contributed by atoms with Gasteiger partial charge in [-0.3, -0.25) is 14.8 Å². The fourth-order valence-electron chi connectivity index (χ4n) is 1.84. The van der Waals surface area contributed by atoms with Crippen molar-refractivity contribution in [2.24, 2.45) is 0 Å². The second-order valence-corrected chi connectivity index (χ2v) is 4.90. The van der Waals surface area contributed by atoms with Gasteiger partial charge in [0.2, 0.25) is 5.78 Å². The Morgan fingerprint density at radius 1 is 1.21 bits per heavy atom. The maximum atomic E-state index is 12.6. The second-order valence-electron chi connectivity index (χ2n) is 4.52. The van der Waals surface area contributed by atoms with Crippen LogP contribution in [-0.4, -0.2) is 32.9 Å². The lowest BCUT2D eigenvalue weighted by Crippen LogP contribution is -2.31. The summed E-state index contributed by atoms with van der Waals surface area (Å²) in [6.07, 6.45) is 0.949. The molecule has 0 aliphatic carbocycles. The van der Waals surface area contributed by atoms with E-state index in [1.165, 1.54) is 12.1 Å². The molecule has 24 heavy (non-hydrogen) atoms. The van der Waals surface area contributed by atoms with E-state index in [9.17, 15) is 19.2 Å². The maximum Gasteiger partial charge on any atom is 0.343 e. The number of hydrogen-bond donors (Lipinski definition) is 2. The lowest BCUT2D eigenvalue weighted by atomic mass is 10.0. The summed E-state index contributed by atoms with van der Waals surface area (Å²) in [6.45, 7) is 1.63. The maximum absolute atomic E-state index is 12.6. The SMILES string of the molecule is CCOC(=O)C(=Cn1c(=O)[nH]c(=O)[nH]c1=S)C(=O)c1ccccc1. The Morgan fingerprint density at radius 3 is 2.46 bits per heavy atom. The first kappa shape index (κ1) is 17.3. The standard InChI is InChI=1S/C15H13N3O5S/c1-2-23-12(20)10(11(19)9-6-4-3-5-7-9)8-18-14(22)16-13(21)17-15(18)24/h3-8H,2H2,1H3,(H2,16,17,21,22,24). The summed E-state index contributed by atoms with van der Waals surface area (Å²) < 4.78 is 5.39. The lowest BCUT2D eigenvalue weighted by molar-refractivity contribution is -0.137. The van der Waals surface area contributed by atoms with Gasteiger partial charge in [0.15, 0.2) is 4.77 Å². The van der Waals surface area contributed by atoms with E-state index in [1.54, 1.807) is 25.1 Å². The molecule has 0 bridgehead atoms. The molecule has 124 valence electrons. The molecule has 8 nitrogen and oxygen atoms in total. The summed E-state index contributed by atoms with van der Waals surface area (Å²) in [4.78, 5) is 51.8. The van der Waals surface area contributed by atoms with Crippen molar-refractivity contribution in [1.82, 2.24) is 14.5 Å². The Morgan fingerprint density at radius 2 is 1.88 bits per heavy atom. The van der Waals surface area contributed by atoms with Gasteiger partial charge in [0, 0.05) is 11.8 Å². The first-order valence-corrected chi connectivity index (χ1v) is 7.28. The number of Topliss-reactive ketones (excluding diaryl/α,β-unsaturated/α-hetero) is 1. The molecule has 0 saturated carbocycles. The number of benzene rings is 1. The first-order valence-electron chi connectivity index (χ1n) is 6.88. The van der Waals surface area contributed by atoms with E-state index < -0.39 is 28.7 Å². The lowest BCUT2D eigenvalue weighted by Gasteiger charge is -2.07. The van der Waals surface area contributed by atoms with Crippen molar-refractivity contribution in [3.8, 4) is 0 Å². The van der Waals surface area contributed by atoms with Gasteiger partial charge in [0.1, 0.15) is 5.57 Å². The monoisotopic (exact) mass is 347 g/mol. The Bertz CT molecular complexity index is 935. The molecular formula is C15H13N3O5S. The number of ketones is 1. The minimum atomic E-state index is -0.904. The number of carbonyl (C=O) groups excluding carboxylic acids is 2. The van der Waals surface area contributed by atoms with E-state index in [0.717, 1.165) is 10.8 Å². The highest BCUT2D eigenvalue weighted by Crippen LogP contribution is 2.11. The first-order chi connectivity index (χ1) is 11.4. The average Bonchev–Trinajstić information content (AvgIpc) is 2.54. The molecular weight excluding hydrogens is 334 g/mol. The van der Waals surface area contributed by atoms with Gasteiger partial charge in [-0.2, -0.15) is 0 Å². The molecule has 0 radical (unpaired) electrons.